The van der Waals surface area contributed by atoms with Gasteiger partial charge in [-0.05, 0) is 50.3 Å². The second-order valence-electron chi connectivity index (χ2n) is 10.7. The molecule has 0 radical (unpaired) electrons. The molecule has 2 atom stereocenters. The van der Waals surface area contributed by atoms with Gasteiger partial charge in [-0.15, -0.1) is 0 Å². The molecule has 2 aromatic rings. The molecule has 1 aliphatic heterocycles. The zero-order valence-electron chi connectivity index (χ0n) is 22.6. The standard InChI is InChI=1S/C29H40N2O6/c1-21(2)17-25(37-29(3,4)5)28(33)36-24(27(32)35-20-22-9-7-6-8-10-22)18-23-11-12-26(30-19-23)31-13-15-34-16-14-31/h6-12,19,21,24-25H,13-18,20H2,1-5H3. The van der Waals surface area contributed by atoms with Gasteiger partial charge in [-0.25, -0.2) is 14.6 Å². The molecule has 0 aliphatic carbocycles. The maximum atomic E-state index is 13.2. The quantitative estimate of drug-likeness (QED) is 0.411. The monoisotopic (exact) mass is 512 g/mol. The summed E-state index contributed by atoms with van der Waals surface area (Å²) in [4.78, 5) is 33.0. The van der Waals surface area contributed by atoms with Crippen molar-refractivity contribution in [1.29, 1.82) is 0 Å². The molecule has 1 saturated heterocycles. The van der Waals surface area contributed by atoms with E-state index < -0.39 is 29.7 Å². The zero-order valence-corrected chi connectivity index (χ0v) is 22.6. The molecule has 8 nitrogen and oxygen atoms in total. The molecule has 0 N–H and O–H groups in total. The van der Waals surface area contributed by atoms with Crippen molar-refractivity contribution in [3.8, 4) is 0 Å². The maximum absolute atomic E-state index is 13.2. The summed E-state index contributed by atoms with van der Waals surface area (Å²) >= 11 is 0. The first-order valence-electron chi connectivity index (χ1n) is 13.0. The predicted molar refractivity (Wildman–Crippen MR) is 141 cm³/mol. The molecular formula is C29H40N2O6. The maximum Gasteiger partial charge on any atom is 0.348 e. The predicted octanol–water partition coefficient (Wildman–Crippen LogP) is 4.35. The van der Waals surface area contributed by atoms with Crippen molar-refractivity contribution in [3.05, 3.63) is 59.8 Å². The molecule has 37 heavy (non-hydrogen) atoms. The topological polar surface area (TPSA) is 87.2 Å². The Morgan fingerprint density at radius 3 is 2.27 bits per heavy atom. The molecule has 1 aromatic carbocycles. The number of rotatable bonds is 11. The lowest BCUT2D eigenvalue weighted by atomic mass is 10.0. The number of morpholine rings is 1. The summed E-state index contributed by atoms with van der Waals surface area (Å²) in [5.41, 5.74) is 1.08. The van der Waals surface area contributed by atoms with Gasteiger partial charge in [0.2, 0.25) is 6.10 Å². The van der Waals surface area contributed by atoms with Crippen molar-refractivity contribution < 1.29 is 28.5 Å². The highest BCUT2D eigenvalue weighted by Gasteiger charge is 2.32. The Hall–Kier alpha value is -2.97. The van der Waals surface area contributed by atoms with Crippen molar-refractivity contribution >= 4 is 17.8 Å². The Morgan fingerprint density at radius 1 is 0.973 bits per heavy atom. The Morgan fingerprint density at radius 2 is 1.68 bits per heavy atom. The summed E-state index contributed by atoms with van der Waals surface area (Å²) in [6.07, 6.45) is 0.446. The van der Waals surface area contributed by atoms with Crippen LogP contribution in [0.25, 0.3) is 0 Å². The second kappa shape index (κ2) is 13.5. The van der Waals surface area contributed by atoms with Crippen molar-refractivity contribution in [2.45, 2.75) is 71.9 Å². The van der Waals surface area contributed by atoms with Gasteiger partial charge < -0.3 is 23.8 Å². The molecule has 0 bridgehead atoms. The van der Waals surface area contributed by atoms with E-state index in [1.807, 2.05) is 77.1 Å². The lowest BCUT2D eigenvalue weighted by molar-refractivity contribution is -0.182. The molecule has 1 fully saturated rings. The summed E-state index contributed by atoms with van der Waals surface area (Å²) in [5, 5.41) is 0. The first kappa shape index (κ1) is 28.6. The fourth-order valence-corrected chi connectivity index (χ4v) is 3.99. The number of ether oxygens (including phenoxy) is 4. The Balaban J connectivity index is 1.74. The SMILES string of the molecule is CC(C)CC(OC(C)(C)C)C(=O)OC(Cc1ccc(N2CCOCC2)nc1)C(=O)OCc1ccccc1. The number of carbonyl (C=O) groups is 2. The molecule has 3 rings (SSSR count). The summed E-state index contributed by atoms with van der Waals surface area (Å²) in [6, 6.07) is 13.2. The summed E-state index contributed by atoms with van der Waals surface area (Å²) in [7, 11) is 0. The molecule has 0 amide bonds. The molecule has 202 valence electrons. The van der Waals surface area contributed by atoms with Gasteiger partial charge in [0.05, 0.1) is 18.8 Å². The first-order valence-corrected chi connectivity index (χ1v) is 13.0. The highest BCUT2D eigenvalue weighted by molar-refractivity contribution is 5.81. The van der Waals surface area contributed by atoms with E-state index in [0.717, 1.165) is 30.0 Å². The van der Waals surface area contributed by atoms with Gasteiger partial charge in [-0.1, -0.05) is 50.2 Å². The average Bonchev–Trinajstić information content (AvgIpc) is 2.87. The van der Waals surface area contributed by atoms with Crippen LogP contribution >= 0.6 is 0 Å². The highest BCUT2D eigenvalue weighted by Crippen LogP contribution is 2.21. The van der Waals surface area contributed by atoms with E-state index in [4.69, 9.17) is 18.9 Å². The van der Waals surface area contributed by atoms with Gasteiger partial charge in [-0.3, -0.25) is 0 Å². The molecule has 2 heterocycles. The largest absolute Gasteiger partial charge is 0.458 e. The highest BCUT2D eigenvalue weighted by atomic mass is 16.6. The van der Waals surface area contributed by atoms with Crippen LogP contribution in [0.5, 0.6) is 0 Å². The molecule has 0 spiro atoms. The molecular weight excluding hydrogens is 472 g/mol. The van der Waals surface area contributed by atoms with E-state index in [2.05, 4.69) is 9.88 Å². The molecule has 0 saturated carbocycles. The number of benzene rings is 1. The summed E-state index contributed by atoms with van der Waals surface area (Å²) in [5.74, 6) is -0.111. The van der Waals surface area contributed by atoms with E-state index in [1.54, 1.807) is 6.20 Å². The third-order valence-electron chi connectivity index (χ3n) is 5.75. The van der Waals surface area contributed by atoms with Gasteiger partial charge in [0.15, 0.2) is 6.10 Å². The molecule has 8 heteroatoms. The molecule has 2 unspecified atom stereocenters. The molecule has 1 aliphatic rings. The summed E-state index contributed by atoms with van der Waals surface area (Å²) in [6.45, 7) is 12.7. The lowest BCUT2D eigenvalue weighted by Gasteiger charge is -2.29. The van der Waals surface area contributed by atoms with E-state index in [9.17, 15) is 9.59 Å². The normalized spacial score (nSPS) is 15.8. The fourth-order valence-electron chi connectivity index (χ4n) is 3.99. The van der Waals surface area contributed by atoms with Crippen molar-refractivity contribution in [3.63, 3.8) is 0 Å². The number of hydrogen-bond donors (Lipinski definition) is 0. The first-order chi connectivity index (χ1) is 17.6. The smallest absolute Gasteiger partial charge is 0.348 e. The minimum atomic E-state index is -1.12. The van der Waals surface area contributed by atoms with Crippen LogP contribution in [0.2, 0.25) is 0 Å². The Kier molecular flexibility index (Phi) is 10.5. The van der Waals surface area contributed by atoms with Crippen LogP contribution in [0.4, 0.5) is 5.82 Å². The Bertz CT molecular complexity index is 982. The third kappa shape index (κ3) is 9.78. The zero-order chi connectivity index (χ0) is 26.8. The number of aromatic nitrogens is 1. The Labute approximate surface area is 220 Å². The number of esters is 2. The van der Waals surface area contributed by atoms with Crippen molar-refractivity contribution in [1.82, 2.24) is 4.98 Å². The fraction of sp³-hybridized carbons (Fsp3) is 0.552. The van der Waals surface area contributed by atoms with Crippen molar-refractivity contribution in [2.24, 2.45) is 5.92 Å². The van der Waals surface area contributed by atoms with Crippen LogP contribution in [0, 0.1) is 5.92 Å². The van der Waals surface area contributed by atoms with E-state index >= 15 is 0 Å². The number of pyridine rings is 1. The van der Waals surface area contributed by atoms with Gasteiger partial charge in [0.25, 0.3) is 0 Å². The van der Waals surface area contributed by atoms with Crippen LogP contribution in [0.1, 0.15) is 52.2 Å². The lowest BCUT2D eigenvalue weighted by Crippen LogP contribution is -2.40. The van der Waals surface area contributed by atoms with Crippen LogP contribution in [-0.4, -0.2) is 61.0 Å². The van der Waals surface area contributed by atoms with Crippen molar-refractivity contribution in [2.75, 3.05) is 31.2 Å². The van der Waals surface area contributed by atoms with Crippen LogP contribution < -0.4 is 4.90 Å². The van der Waals surface area contributed by atoms with Gasteiger partial charge >= 0.3 is 11.9 Å². The average molecular weight is 513 g/mol. The number of carbonyl (C=O) groups excluding carboxylic acids is 2. The van der Waals surface area contributed by atoms with Gasteiger partial charge in [0.1, 0.15) is 12.4 Å². The number of anilines is 1. The minimum absolute atomic E-state index is 0.0931. The van der Waals surface area contributed by atoms with E-state index in [1.165, 1.54) is 0 Å². The van der Waals surface area contributed by atoms with Crippen LogP contribution in [0.3, 0.4) is 0 Å². The van der Waals surface area contributed by atoms with E-state index in [-0.39, 0.29) is 18.9 Å². The van der Waals surface area contributed by atoms with Gasteiger partial charge in [0, 0.05) is 25.7 Å². The number of hydrogen-bond acceptors (Lipinski definition) is 8. The second-order valence-corrected chi connectivity index (χ2v) is 10.7. The van der Waals surface area contributed by atoms with Gasteiger partial charge in [-0.2, -0.15) is 0 Å². The van der Waals surface area contributed by atoms with Crippen LogP contribution in [-0.2, 0) is 41.6 Å². The third-order valence-corrected chi connectivity index (χ3v) is 5.75. The minimum Gasteiger partial charge on any atom is -0.458 e. The number of nitrogens with zero attached hydrogens (tertiary/aromatic N) is 2. The van der Waals surface area contributed by atoms with Crippen LogP contribution in [0.15, 0.2) is 48.7 Å². The van der Waals surface area contributed by atoms with E-state index in [0.29, 0.717) is 19.6 Å². The summed E-state index contributed by atoms with van der Waals surface area (Å²) < 4.78 is 22.7. The molecule has 1 aromatic heterocycles.